The van der Waals surface area contributed by atoms with Gasteiger partial charge in [0.05, 0.1) is 12.6 Å². The van der Waals surface area contributed by atoms with E-state index in [0.717, 1.165) is 5.56 Å². The first-order valence-electron chi connectivity index (χ1n) is 4.99. The Morgan fingerprint density at radius 1 is 1.44 bits per heavy atom. The van der Waals surface area contributed by atoms with Crippen LogP contribution < -0.4 is 0 Å². The van der Waals surface area contributed by atoms with Crippen molar-refractivity contribution in [3.8, 4) is 0 Å². The Balaban J connectivity index is 1.94. The SMILES string of the molecule is OC(Cc1cccc(Cl)c1)Cn1cncn1. The standard InChI is InChI=1S/C11H12ClN3O/c12-10-3-1-2-9(4-10)5-11(16)6-15-8-13-7-14-15/h1-4,7-8,11,16H,5-6H2. The van der Waals surface area contributed by atoms with E-state index in [4.69, 9.17) is 11.6 Å². The molecule has 1 aromatic heterocycles. The summed E-state index contributed by atoms with van der Waals surface area (Å²) in [6.45, 7) is 0.437. The third-order valence-corrected chi connectivity index (χ3v) is 2.46. The highest BCUT2D eigenvalue weighted by Crippen LogP contribution is 2.12. The Morgan fingerprint density at radius 3 is 3.00 bits per heavy atom. The normalized spacial score (nSPS) is 12.6. The number of nitrogens with zero attached hydrogens (tertiary/aromatic N) is 3. The van der Waals surface area contributed by atoms with Gasteiger partial charge in [-0.05, 0) is 17.7 Å². The van der Waals surface area contributed by atoms with E-state index >= 15 is 0 Å². The fourth-order valence-electron chi connectivity index (χ4n) is 1.54. The molecule has 0 saturated heterocycles. The first-order valence-corrected chi connectivity index (χ1v) is 5.37. The summed E-state index contributed by atoms with van der Waals surface area (Å²) in [6.07, 6.45) is 3.11. The quantitative estimate of drug-likeness (QED) is 0.878. The molecule has 0 aliphatic rings. The second-order valence-electron chi connectivity index (χ2n) is 3.61. The number of aromatic nitrogens is 3. The Bertz CT molecular complexity index is 444. The molecule has 0 spiro atoms. The first-order chi connectivity index (χ1) is 7.74. The summed E-state index contributed by atoms with van der Waals surface area (Å²) in [4.78, 5) is 3.82. The van der Waals surface area contributed by atoms with Crippen molar-refractivity contribution < 1.29 is 5.11 Å². The largest absolute Gasteiger partial charge is 0.391 e. The summed E-state index contributed by atoms with van der Waals surface area (Å²) >= 11 is 5.86. The van der Waals surface area contributed by atoms with E-state index in [1.165, 1.54) is 6.33 Å². The number of rotatable bonds is 4. The molecule has 0 saturated carbocycles. The minimum absolute atomic E-state index is 0.437. The summed E-state index contributed by atoms with van der Waals surface area (Å²) in [5.74, 6) is 0. The first kappa shape index (κ1) is 11.1. The lowest BCUT2D eigenvalue weighted by atomic mass is 10.1. The summed E-state index contributed by atoms with van der Waals surface area (Å²) < 4.78 is 1.61. The van der Waals surface area contributed by atoms with Gasteiger partial charge in [0.15, 0.2) is 0 Å². The van der Waals surface area contributed by atoms with Gasteiger partial charge in [0.1, 0.15) is 12.7 Å². The summed E-state index contributed by atoms with van der Waals surface area (Å²) in [5, 5.41) is 14.5. The van der Waals surface area contributed by atoms with Gasteiger partial charge in [-0.25, -0.2) is 4.98 Å². The van der Waals surface area contributed by atoms with Crippen LogP contribution in [0.4, 0.5) is 0 Å². The third kappa shape index (κ3) is 3.05. The number of aliphatic hydroxyl groups is 1. The van der Waals surface area contributed by atoms with E-state index in [1.807, 2.05) is 24.3 Å². The van der Waals surface area contributed by atoms with Crippen LogP contribution in [0.25, 0.3) is 0 Å². The van der Waals surface area contributed by atoms with Crippen molar-refractivity contribution in [3.63, 3.8) is 0 Å². The molecule has 16 heavy (non-hydrogen) atoms. The third-order valence-electron chi connectivity index (χ3n) is 2.22. The number of hydrogen-bond donors (Lipinski definition) is 1. The van der Waals surface area contributed by atoms with Crippen molar-refractivity contribution in [2.75, 3.05) is 0 Å². The zero-order chi connectivity index (χ0) is 11.4. The van der Waals surface area contributed by atoms with Crippen molar-refractivity contribution in [1.82, 2.24) is 14.8 Å². The highest BCUT2D eigenvalue weighted by Gasteiger charge is 2.07. The monoisotopic (exact) mass is 237 g/mol. The van der Waals surface area contributed by atoms with Gasteiger partial charge in [0.25, 0.3) is 0 Å². The fourth-order valence-corrected chi connectivity index (χ4v) is 1.76. The van der Waals surface area contributed by atoms with Crippen LogP contribution in [0.15, 0.2) is 36.9 Å². The molecule has 0 bridgehead atoms. The molecule has 1 aromatic carbocycles. The van der Waals surface area contributed by atoms with E-state index in [1.54, 1.807) is 11.0 Å². The molecule has 0 radical (unpaired) electrons. The lowest BCUT2D eigenvalue weighted by Crippen LogP contribution is -2.18. The molecule has 0 amide bonds. The predicted molar refractivity (Wildman–Crippen MR) is 61.2 cm³/mol. The zero-order valence-electron chi connectivity index (χ0n) is 8.62. The number of hydrogen-bond acceptors (Lipinski definition) is 3. The van der Waals surface area contributed by atoms with Gasteiger partial charge in [-0.15, -0.1) is 0 Å². The molecule has 0 fully saturated rings. The summed E-state index contributed by atoms with van der Waals surface area (Å²) in [7, 11) is 0. The maximum Gasteiger partial charge on any atom is 0.137 e. The minimum atomic E-state index is -0.486. The van der Waals surface area contributed by atoms with Crippen molar-refractivity contribution in [2.24, 2.45) is 0 Å². The average molecular weight is 238 g/mol. The van der Waals surface area contributed by atoms with Crippen LogP contribution in [0.2, 0.25) is 5.02 Å². The molecule has 0 aliphatic heterocycles. The molecular formula is C11H12ClN3O. The molecule has 1 heterocycles. The lowest BCUT2D eigenvalue weighted by Gasteiger charge is -2.10. The van der Waals surface area contributed by atoms with Crippen LogP contribution >= 0.6 is 11.6 Å². The maximum atomic E-state index is 9.83. The van der Waals surface area contributed by atoms with Gasteiger partial charge in [-0.3, -0.25) is 4.68 Å². The molecule has 84 valence electrons. The molecule has 1 atom stereocenters. The molecular weight excluding hydrogens is 226 g/mol. The topological polar surface area (TPSA) is 50.9 Å². The number of benzene rings is 1. The molecule has 2 rings (SSSR count). The van der Waals surface area contributed by atoms with E-state index in [-0.39, 0.29) is 0 Å². The number of halogens is 1. The molecule has 5 heteroatoms. The van der Waals surface area contributed by atoms with Crippen molar-refractivity contribution in [3.05, 3.63) is 47.5 Å². The van der Waals surface area contributed by atoms with Gasteiger partial charge in [0.2, 0.25) is 0 Å². The summed E-state index contributed by atoms with van der Waals surface area (Å²) in [5.41, 5.74) is 1.01. The summed E-state index contributed by atoms with van der Waals surface area (Å²) in [6, 6.07) is 7.48. The van der Waals surface area contributed by atoms with Crippen molar-refractivity contribution in [2.45, 2.75) is 19.1 Å². The smallest absolute Gasteiger partial charge is 0.137 e. The molecule has 1 N–H and O–H groups in total. The predicted octanol–water partition coefficient (Wildman–Crippen LogP) is 1.54. The second-order valence-corrected chi connectivity index (χ2v) is 4.04. The van der Waals surface area contributed by atoms with E-state index in [0.29, 0.717) is 18.0 Å². The van der Waals surface area contributed by atoms with Crippen LogP contribution in [-0.4, -0.2) is 26.0 Å². The van der Waals surface area contributed by atoms with Gasteiger partial charge in [0, 0.05) is 11.4 Å². The zero-order valence-corrected chi connectivity index (χ0v) is 9.38. The Labute approximate surface area is 98.5 Å². The maximum absolute atomic E-state index is 9.83. The fraction of sp³-hybridized carbons (Fsp3) is 0.273. The molecule has 1 unspecified atom stereocenters. The average Bonchev–Trinajstić information content (AvgIpc) is 2.70. The molecule has 2 aromatic rings. The van der Waals surface area contributed by atoms with Gasteiger partial charge >= 0.3 is 0 Å². The van der Waals surface area contributed by atoms with Crippen molar-refractivity contribution >= 4 is 11.6 Å². The van der Waals surface area contributed by atoms with Gasteiger partial charge in [-0.1, -0.05) is 23.7 Å². The van der Waals surface area contributed by atoms with Crippen LogP contribution in [0.1, 0.15) is 5.56 Å². The van der Waals surface area contributed by atoms with Crippen molar-refractivity contribution in [1.29, 1.82) is 0 Å². The number of aliphatic hydroxyl groups excluding tert-OH is 1. The van der Waals surface area contributed by atoms with Crippen LogP contribution in [-0.2, 0) is 13.0 Å². The lowest BCUT2D eigenvalue weighted by molar-refractivity contribution is 0.149. The Kier molecular flexibility index (Phi) is 3.54. The Hall–Kier alpha value is -1.39. The van der Waals surface area contributed by atoms with Gasteiger partial charge < -0.3 is 5.11 Å². The van der Waals surface area contributed by atoms with E-state index in [2.05, 4.69) is 10.1 Å². The van der Waals surface area contributed by atoms with E-state index < -0.39 is 6.10 Å². The van der Waals surface area contributed by atoms with Gasteiger partial charge in [-0.2, -0.15) is 5.10 Å². The van der Waals surface area contributed by atoms with Crippen LogP contribution in [0.5, 0.6) is 0 Å². The second kappa shape index (κ2) is 5.09. The molecule has 0 aliphatic carbocycles. The Morgan fingerprint density at radius 2 is 2.31 bits per heavy atom. The minimum Gasteiger partial charge on any atom is -0.391 e. The van der Waals surface area contributed by atoms with Crippen LogP contribution in [0.3, 0.4) is 0 Å². The molecule has 4 nitrogen and oxygen atoms in total. The highest BCUT2D eigenvalue weighted by molar-refractivity contribution is 6.30. The van der Waals surface area contributed by atoms with Crippen LogP contribution in [0, 0.1) is 0 Å². The highest BCUT2D eigenvalue weighted by atomic mass is 35.5. The van der Waals surface area contributed by atoms with E-state index in [9.17, 15) is 5.11 Å².